The molecule has 23 heavy (non-hydrogen) atoms. The van der Waals surface area contributed by atoms with E-state index >= 15 is 0 Å². The summed E-state index contributed by atoms with van der Waals surface area (Å²) in [5.74, 6) is 0.0101. The third-order valence-corrected chi connectivity index (χ3v) is 3.49. The lowest BCUT2D eigenvalue weighted by Crippen LogP contribution is -2.04. The van der Waals surface area contributed by atoms with Gasteiger partial charge in [-0.3, -0.25) is 4.68 Å². The lowest BCUT2D eigenvalue weighted by molar-refractivity contribution is 0.0514. The van der Waals surface area contributed by atoms with Crippen LogP contribution < -0.4 is 0 Å². The van der Waals surface area contributed by atoms with Crippen LogP contribution in [0, 0.1) is 0 Å². The molecular weight excluding hydrogens is 298 g/mol. The number of hydrogen-bond donors (Lipinski definition) is 0. The molecular formula is C16H17N3O4. The molecule has 0 unspecified atom stereocenters. The maximum Gasteiger partial charge on any atom is 0.360 e. The van der Waals surface area contributed by atoms with Gasteiger partial charge < -0.3 is 14.0 Å². The van der Waals surface area contributed by atoms with Gasteiger partial charge in [0.25, 0.3) is 0 Å². The normalized spacial score (nSPS) is 11.1. The summed E-state index contributed by atoms with van der Waals surface area (Å²) in [4.78, 5) is 11.7. The number of aromatic nitrogens is 3. The van der Waals surface area contributed by atoms with Gasteiger partial charge in [0, 0.05) is 31.2 Å². The third kappa shape index (κ3) is 2.83. The smallest absolute Gasteiger partial charge is 0.360 e. The Morgan fingerprint density at radius 3 is 2.91 bits per heavy atom. The van der Waals surface area contributed by atoms with Gasteiger partial charge in [0.15, 0.2) is 11.5 Å². The van der Waals surface area contributed by atoms with Crippen molar-refractivity contribution >= 4 is 16.9 Å². The first-order chi connectivity index (χ1) is 11.1. The predicted octanol–water partition coefficient (Wildman–Crippen LogP) is 2.55. The number of hydrogen-bond acceptors (Lipinski definition) is 6. The number of nitrogens with zero attached hydrogens (tertiary/aromatic N) is 3. The lowest BCUT2D eigenvalue weighted by Gasteiger charge is -1.98. The molecule has 7 nitrogen and oxygen atoms in total. The van der Waals surface area contributed by atoms with E-state index < -0.39 is 5.97 Å². The van der Waals surface area contributed by atoms with Crippen LogP contribution in [0.2, 0.25) is 0 Å². The summed E-state index contributed by atoms with van der Waals surface area (Å²) in [5.41, 5.74) is 2.80. The van der Waals surface area contributed by atoms with Gasteiger partial charge in [-0.15, -0.1) is 0 Å². The molecule has 2 heterocycles. The average molecular weight is 315 g/mol. The first-order valence-electron chi connectivity index (χ1n) is 7.22. The first kappa shape index (κ1) is 15.2. The van der Waals surface area contributed by atoms with Crippen molar-refractivity contribution in [2.24, 2.45) is 7.05 Å². The maximum atomic E-state index is 11.7. The van der Waals surface area contributed by atoms with Gasteiger partial charge in [0.05, 0.1) is 24.4 Å². The number of ether oxygens (including phenoxy) is 2. The van der Waals surface area contributed by atoms with E-state index in [4.69, 9.17) is 14.0 Å². The molecule has 0 aliphatic carbocycles. The van der Waals surface area contributed by atoms with Crippen molar-refractivity contribution in [3.05, 3.63) is 35.7 Å². The van der Waals surface area contributed by atoms with Gasteiger partial charge in [0.2, 0.25) is 0 Å². The third-order valence-electron chi connectivity index (χ3n) is 3.49. The fraction of sp³-hybridized carbons (Fsp3) is 0.312. The summed E-state index contributed by atoms with van der Waals surface area (Å²) in [6.07, 6.45) is 0. The fourth-order valence-electron chi connectivity index (χ4n) is 2.44. The number of benzene rings is 1. The SMILES string of the molecule is CCOC(=O)c1cc(-c2ccc3c(COC)nn(C)c3c2)on1. The van der Waals surface area contributed by atoms with Gasteiger partial charge >= 0.3 is 5.97 Å². The molecule has 2 aromatic heterocycles. The van der Waals surface area contributed by atoms with Crippen molar-refractivity contribution in [1.82, 2.24) is 14.9 Å². The quantitative estimate of drug-likeness (QED) is 0.673. The Labute approximate surface area is 132 Å². The molecule has 0 radical (unpaired) electrons. The number of rotatable bonds is 5. The molecule has 0 saturated carbocycles. The number of carbonyl (C=O) groups excluding carboxylic acids is 1. The van der Waals surface area contributed by atoms with Crippen LogP contribution in [0.5, 0.6) is 0 Å². The second-order valence-electron chi connectivity index (χ2n) is 5.03. The highest BCUT2D eigenvalue weighted by atomic mass is 16.5. The number of aryl methyl sites for hydroxylation is 1. The van der Waals surface area contributed by atoms with E-state index in [0.717, 1.165) is 22.2 Å². The van der Waals surface area contributed by atoms with Crippen LogP contribution in [0.1, 0.15) is 23.1 Å². The summed E-state index contributed by atoms with van der Waals surface area (Å²) in [5, 5.41) is 9.22. The molecule has 0 spiro atoms. The van der Waals surface area contributed by atoms with Crippen LogP contribution in [-0.2, 0) is 23.1 Å². The molecule has 0 N–H and O–H groups in total. The van der Waals surface area contributed by atoms with Crippen molar-refractivity contribution in [3.8, 4) is 11.3 Å². The highest BCUT2D eigenvalue weighted by Gasteiger charge is 2.16. The van der Waals surface area contributed by atoms with E-state index in [-0.39, 0.29) is 5.69 Å². The maximum absolute atomic E-state index is 11.7. The van der Waals surface area contributed by atoms with E-state index in [1.807, 2.05) is 25.2 Å². The molecule has 0 amide bonds. The van der Waals surface area contributed by atoms with Gasteiger partial charge in [-0.1, -0.05) is 17.3 Å². The molecule has 0 atom stereocenters. The summed E-state index contributed by atoms with van der Waals surface area (Å²) in [6, 6.07) is 7.37. The van der Waals surface area contributed by atoms with E-state index in [2.05, 4.69) is 10.3 Å². The fourth-order valence-corrected chi connectivity index (χ4v) is 2.44. The van der Waals surface area contributed by atoms with E-state index in [0.29, 0.717) is 19.0 Å². The second kappa shape index (κ2) is 6.21. The molecule has 0 aliphatic heterocycles. The van der Waals surface area contributed by atoms with E-state index in [1.165, 1.54) is 0 Å². The summed E-state index contributed by atoms with van der Waals surface area (Å²) in [6.45, 7) is 2.49. The van der Waals surface area contributed by atoms with E-state index in [9.17, 15) is 4.79 Å². The van der Waals surface area contributed by atoms with Crippen LogP contribution in [0.25, 0.3) is 22.2 Å². The van der Waals surface area contributed by atoms with Crippen LogP contribution in [0.4, 0.5) is 0 Å². The largest absolute Gasteiger partial charge is 0.461 e. The van der Waals surface area contributed by atoms with Crippen molar-refractivity contribution in [2.75, 3.05) is 13.7 Å². The highest BCUT2D eigenvalue weighted by Crippen LogP contribution is 2.27. The zero-order valence-corrected chi connectivity index (χ0v) is 13.2. The minimum Gasteiger partial charge on any atom is -0.461 e. The Bertz CT molecular complexity index is 850. The average Bonchev–Trinajstić information content (AvgIpc) is 3.14. The molecule has 0 aliphatic rings. The number of fused-ring (bicyclic) bond motifs is 1. The molecule has 3 aromatic rings. The standard InChI is InChI=1S/C16H17N3O4/c1-4-22-16(20)12-8-15(23-18-12)10-5-6-11-13(9-21-3)17-19(2)14(11)7-10/h5-8H,4,9H2,1-3H3. The number of esters is 1. The van der Waals surface area contributed by atoms with Gasteiger partial charge in [-0.05, 0) is 13.0 Å². The van der Waals surface area contributed by atoms with Gasteiger partial charge in [0.1, 0.15) is 0 Å². The van der Waals surface area contributed by atoms with Gasteiger partial charge in [-0.2, -0.15) is 5.10 Å². The zero-order chi connectivity index (χ0) is 16.4. The summed E-state index contributed by atoms with van der Waals surface area (Å²) >= 11 is 0. The Kier molecular flexibility index (Phi) is 4.12. The summed E-state index contributed by atoms with van der Waals surface area (Å²) < 4.78 is 17.1. The van der Waals surface area contributed by atoms with Crippen molar-refractivity contribution in [2.45, 2.75) is 13.5 Å². The first-order valence-corrected chi connectivity index (χ1v) is 7.22. The van der Waals surface area contributed by atoms with Crippen LogP contribution in [-0.4, -0.2) is 34.6 Å². The highest BCUT2D eigenvalue weighted by molar-refractivity contribution is 5.89. The topological polar surface area (TPSA) is 79.4 Å². The minimum absolute atomic E-state index is 0.159. The van der Waals surface area contributed by atoms with Crippen molar-refractivity contribution < 1.29 is 18.8 Å². The van der Waals surface area contributed by atoms with Crippen molar-refractivity contribution in [1.29, 1.82) is 0 Å². The zero-order valence-electron chi connectivity index (χ0n) is 13.2. The Morgan fingerprint density at radius 1 is 1.35 bits per heavy atom. The Morgan fingerprint density at radius 2 is 2.17 bits per heavy atom. The molecule has 1 aromatic carbocycles. The predicted molar refractivity (Wildman–Crippen MR) is 82.9 cm³/mol. The Hall–Kier alpha value is -2.67. The van der Waals surface area contributed by atoms with E-state index in [1.54, 1.807) is 24.8 Å². The van der Waals surface area contributed by atoms with Crippen LogP contribution in [0.3, 0.4) is 0 Å². The molecule has 0 saturated heterocycles. The molecule has 7 heteroatoms. The van der Waals surface area contributed by atoms with Crippen LogP contribution >= 0.6 is 0 Å². The number of methoxy groups -OCH3 is 1. The molecule has 3 rings (SSSR count). The molecule has 120 valence electrons. The Balaban J connectivity index is 1.98. The minimum atomic E-state index is -0.494. The molecule has 0 bridgehead atoms. The molecule has 0 fully saturated rings. The number of carbonyl (C=O) groups is 1. The lowest BCUT2D eigenvalue weighted by atomic mass is 10.1. The van der Waals surface area contributed by atoms with Crippen LogP contribution in [0.15, 0.2) is 28.8 Å². The van der Waals surface area contributed by atoms with Crippen molar-refractivity contribution in [3.63, 3.8) is 0 Å². The second-order valence-corrected chi connectivity index (χ2v) is 5.03. The summed E-state index contributed by atoms with van der Waals surface area (Å²) in [7, 11) is 3.51. The van der Waals surface area contributed by atoms with Gasteiger partial charge in [-0.25, -0.2) is 4.79 Å². The monoisotopic (exact) mass is 315 g/mol.